The lowest BCUT2D eigenvalue weighted by Crippen LogP contribution is -2.36. The van der Waals surface area contributed by atoms with E-state index < -0.39 is 0 Å². The molecular formula is C17H25NO. The van der Waals surface area contributed by atoms with Gasteiger partial charge < -0.3 is 10.1 Å². The minimum atomic E-state index is 0.348. The third-order valence-corrected chi connectivity index (χ3v) is 4.79. The molecule has 0 spiro atoms. The molecule has 104 valence electrons. The molecule has 1 fully saturated rings. The van der Waals surface area contributed by atoms with Gasteiger partial charge in [-0.05, 0) is 49.8 Å². The van der Waals surface area contributed by atoms with Crippen LogP contribution in [0.3, 0.4) is 0 Å². The number of rotatable bonds is 4. The van der Waals surface area contributed by atoms with Crippen LogP contribution in [0, 0.1) is 5.92 Å². The van der Waals surface area contributed by atoms with Gasteiger partial charge in [0, 0.05) is 6.61 Å². The molecule has 2 aliphatic rings. The van der Waals surface area contributed by atoms with Crippen molar-refractivity contribution in [1.29, 1.82) is 0 Å². The zero-order chi connectivity index (χ0) is 13.1. The van der Waals surface area contributed by atoms with E-state index in [1.165, 1.54) is 36.8 Å². The smallest absolute Gasteiger partial charge is 0.0773 e. The molecule has 19 heavy (non-hydrogen) atoms. The van der Waals surface area contributed by atoms with Gasteiger partial charge in [-0.2, -0.15) is 0 Å². The second kappa shape index (κ2) is 6.06. The molecule has 3 rings (SSSR count). The van der Waals surface area contributed by atoms with Gasteiger partial charge in [0.25, 0.3) is 0 Å². The van der Waals surface area contributed by atoms with Crippen molar-refractivity contribution in [3.05, 3.63) is 35.4 Å². The fourth-order valence-corrected chi connectivity index (χ4v) is 3.69. The van der Waals surface area contributed by atoms with Crippen molar-refractivity contribution in [2.75, 3.05) is 13.7 Å². The Bertz CT molecular complexity index is 411. The first kappa shape index (κ1) is 13.1. The lowest BCUT2D eigenvalue weighted by molar-refractivity contribution is -0.000947. The maximum atomic E-state index is 6.26. The average molecular weight is 259 g/mol. The fourth-order valence-electron chi connectivity index (χ4n) is 3.69. The van der Waals surface area contributed by atoms with E-state index in [1.54, 1.807) is 0 Å². The van der Waals surface area contributed by atoms with E-state index in [2.05, 4.69) is 36.6 Å². The number of nitrogens with one attached hydrogen (secondary N) is 1. The zero-order valence-electron chi connectivity index (χ0n) is 11.9. The molecule has 0 bridgehead atoms. The standard InChI is InChI=1S/C17H25NO/c1-18-17-15-9-5-4-8-14(15)10-11-16(17)19-12-13-6-2-3-7-13/h4-5,8-9,13,16-18H,2-3,6-7,10-12H2,1H3. The summed E-state index contributed by atoms with van der Waals surface area (Å²) in [5.74, 6) is 0.815. The summed E-state index contributed by atoms with van der Waals surface area (Å²) in [6.45, 7) is 0.963. The van der Waals surface area contributed by atoms with Crippen molar-refractivity contribution < 1.29 is 4.74 Å². The highest BCUT2D eigenvalue weighted by molar-refractivity contribution is 5.33. The molecule has 1 saturated carbocycles. The molecule has 0 amide bonds. The number of fused-ring (bicyclic) bond motifs is 1. The highest BCUT2D eigenvalue weighted by atomic mass is 16.5. The highest BCUT2D eigenvalue weighted by Gasteiger charge is 2.29. The monoisotopic (exact) mass is 259 g/mol. The van der Waals surface area contributed by atoms with E-state index in [0.717, 1.165) is 25.4 Å². The van der Waals surface area contributed by atoms with Crippen LogP contribution in [0.5, 0.6) is 0 Å². The first-order chi connectivity index (χ1) is 9.38. The van der Waals surface area contributed by atoms with E-state index in [9.17, 15) is 0 Å². The number of likely N-dealkylation sites (N-methyl/N-ethyl adjacent to an activating group) is 1. The largest absolute Gasteiger partial charge is 0.376 e. The van der Waals surface area contributed by atoms with Crippen LogP contribution < -0.4 is 5.32 Å². The number of hydrogen-bond donors (Lipinski definition) is 1. The van der Waals surface area contributed by atoms with Gasteiger partial charge in [0.2, 0.25) is 0 Å². The van der Waals surface area contributed by atoms with Crippen molar-refractivity contribution >= 4 is 0 Å². The van der Waals surface area contributed by atoms with Crippen LogP contribution in [0.15, 0.2) is 24.3 Å². The summed E-state index contributed by atoms with van der Waals surface area (Å²) in [4.78, 5) is 0. The summed E-state index contributed by atoms with van der Waals surface area (Å²) in [5, 5.41) is 3.46. The van der Waals surface area contributed by atoms with Gasteiger partial charge in [0.1, 0.15) is 0 Å². The summed E-state index contributed by atoms with van der Waals surface area (Å²) >= 11 is 0. The van der Waals surface area contributed by atoms with Crippen LogP contribution >= 0.6 is 0 Å². The van der Waals surface area contributed by atoms with Gasteiger partial charge in [0.05, 0.1) is 12.1 Å². The van der Waals surface area contributed by atoms with Crippen molar-refractivity contribution in [3.63, 3.8) is 0 Å². The zero-order valence-corrected chi connectivity index (χ0v) is 11.9. The molecule has 2 heteroatoms. The quantitative estimate of drug-likeness (QED) is 0.894. The predicted octanol–water partition coefficient (Wildman–Crippen LogP) is 3.47. The fraction of sp³-hybridized carbons (Fsp3) is 0.647. The van der Waals surface area contributed by atoms with Crippen LogP contribution in [0.1, 0.15) is 49.3 Å². The van der Waals surface area contributed by atoms with Gasteiger partial charge in [-0.25, -0.2) is 0 Å². The molecule has 2 unspecified atom stereocenters. The third-order valence-electron chi connectivity index (χ3n) is 4.79. The molecule has 2 aliphatic carbocycles. The number of aryl methyl sites for hydroxylation is 1. The van der Waals surface area contributed by atoms with Gasteiger partial charge in [-0.15, -0.1) is 0 Å². The topological polar surface area (TPSA) is 21.3 Å². The first-order valence-corrected chi connectivity index (χ1v) is 7.75. The molecule has 1 N–H and O–H groups in total. The Kier molecular flexibility index (Phi) is 4.19. The van der Waals surface area contributed by atoms with Gasteiger partial charge in [-0.3, -0.25) is 0 Å². The van der Waals surface area contributed by atoms with E-state index in [4.69, 9.17) is 4.74 Å². The maximum absolute atomic E-state index is 6.26. The summed E-state index contributed by atoms with van der Waals surface area (Å²) in [7, 11) is 2.05. The maximum Gasteiger partial charge on any atom is 0.0773 e. The summed E-state index contributed by atoms with van der Waals surface area (Å²) in [6.07, 6.45) is 8.19. The minimum absolute atomic E-state index is 0.348. The Labute approximate surface area is 116 Å². The van der Waals surface area contributed by atoms with Gasteiger partial charge in [0.15, 0.2) is 0 Å². The molecule has 0 saturated heterocycles. The Hall–Kier alpha value is -0.860. The van der Waals surface area contributed by atoms with Crippen LogP contribution in [-0.2, 0) is 11.2 Å². The molecule has 2 nitrogen and oxygen atoms in total. The molecule has 1 aromatic carbocycles. The predicted molar refractivity (Wildman–Crippen MR) is 78.3 cm³/mol. The second-order valence-electron chi connectivity index (χ2n) is 6.03. The molecule has 0 aliphatic heterocycles. The Morgan fingerprint density at radius 1 is 1.16 bits per heavy atom. The summed E-state index contributed by atoms with van der Waals surface area (Å²) in [6, 6.07) is 9.16. The lowest BCUT2D eigenvalue weighted by Gasteiger charge is -2.34. The van der Waals surface area contributed by atoms with E-state index in [-0.39, 0.29) is 0 Å². The number of benzene rings is 1. The van der Waals surface area contributed by atoms with E-state index >= 15 is 0 Å². The van der Waals surface area contributed by atoms with Crippen LogP contribution in [0.2, 0.25) is 0 Å². The average Bonchev–Trinajstić information content (AvgIpc) is 2.97. The molecule has 1 aromatic rings. The Morgan fingerprint density at radius 3 is 2.74 bits per heavy atom. The number of ether oxygens (including phenoxy) is 1. The molecule has 0 radical (unpaired) electrons. The lowest BCUT2D eigenvalue weighted by atomic mass is 9.85. The number of hydrogen-bond acceptors (Lipinski definition) is 2. The SMILES string of the molecule is CNC1c2ccccc2CCC1OCC1CCCC1. The van der Waals surface area contributed by atoms with Crippen LogP contribution in [0.4, 0.5) is 0 Å². The van der Waals surface area contributed by atoms with E-state index in [0.29, 0.717) is 12.1 Å². The van der Waals surface area contributed by atoms with Crippen molar-refractivity contribution in [1.82, 2.24) is 5.32 Å². The second-order valence-corrected chi connectivity index (χ2v) is 6.03. The molecule has 0 aromatic heterocycles. The summed E-state index contributed by atoms with van der Waals surface area (Å²) in [5.41, 5.74) is 2.93. The van der Waals surface area contributed by atoms with Crippen molar-refractivity contribution in [2.45, 2.75) is 50.7 Å². The van der Waals surface area contributed by atoms with Gasteiger partial charge >= 0.3 is 0 Å². The highest BCUT2D eigenvalue weighted by Crippen LogP contribution is 2.33. The van der Waals surface area contributed by atoms with E-state index in [1.807, 2.05) is 0 Å². The molecule has 2 atom stereocenters. The Morgan fingerprint density at radius 2 is 1.95 bits per heavy atom. The minimum Gasteiger partial charge on any atom is -0.376 e. The third kappa shape index (κ3) is 2.85. The normalized spacial score (nSPS) is 27.4. The first-order valence-electron chi connectivity index (χ1n) is 7.75. The molecule has 0 heterocycles. The Balaban J connectivity index is 1.65. The van der Waals surface area contributed by atoms with Gasteiger partial charge in [-0.1, -0.05) is 37.1 Å². The summed E-state index contributed by atoms with van der Waals surface area (Å²) < 4.78 is 6.26. The van der Waals surface area contributed by atoms with Crippen LogP contribution in [0.25, 0.3) is 0 Å². The van der Waals surface area contributed by atoms with Crippen LogP contribution in [-0.4, -0.2) is 19.8 Å². The van der Waals surface area contributed by atoms with Crippen molar-refractivity contribution in [2.24, 2.45) is 5.92 Å². The molecular weight excluding hydrogens is 234 g/mol. The van der Waals surface area contributed by atoms with Crippen molar-refractivity contribution in [3.8, 4) is 0 Å².